The van der Waals surface area contributed by atoms with Crippen molar-refractivity contribution >= 4 is 29.9 Å². The van der Waals surface area contributed by atoms with Crippen LogP contribution in [0.25, 0.3) is 0 Å². The fraction of sp³-hybridized carbons (Fsp3) is 0.412. The summed E-state index contributed by atoms with van der Waals surface area (Å²) in [5, 5.41) is 10.7. The number of aliphatic imine (C=N–C) groups is 1. The average Bonchev–Trinajstić information content (AvgIpc) is 2.96. The van der Waals surface area contributed by atoms with Crippen molar-refractivity contribution < 1.29 is 4.39 Å². The second kappa shape index (κ2) is 11.0. The molecule has 132 valence electrons. The highest BCUT2D eigenvalue weighted by Gasteiger charge is 2.01. The number of halogens is 2. The Morgan fingerprint density at radius 2 is 2.08 bits per heavy atom. The van der Waals surface area contributed by atoms with Gasteiger partial charge in [0.1, 0.15) is 5.82 Å². The maximum absolute atomic E-state index is 13.6. The van der Waals surface area contributed by atoms with Crippen molar-refractivity contribution in [2.45, 2.75) is 33.4 Å². The molecule has 0 aliphatic carbocycles. The summed E-state index contributed by atoms with van der Waals surface area (Å²) in [4.78, 5) is 4.43. The van der Waals surface area contributed by atoms with Gasteiger partial charge >= 0.3 is 0 Å². The van der Waals surface area contributed by atoms with Gasteiger partial charge in [0.15, 0.2) is 5.96 Å². The first-order valence-corrected chi connectivity index (χ1v) is 7.93. The fourth-order valence-electron chi connectivity index (χ4n) is 2.17. The summed E-state index contributed by atoms with van der Waals surface area (Å²) in [7, 11) is 0. The number of nitrogens with one attached hydrogen (secondary N) is 2. The van der Waals surface area contributed by atoms with Crippen LogP contribution in [0.15, 0.2) is 41.7 Å². The molecule has 0 fully saturated rings. The van der Waals surface area contributed by atoms with Crippen molar-refractivity contribution in [1.82, 2.24) is 20.4 Å². The molecule has 0 bridgehead atoms. The standard InChI is InChI=1S/C17H24FN5.HI/c1-3-19-17(21-12-15-7-4-5-8-16(15)18)20-9-6-10-23-13-14(2)11-22-23;/h4-5,7-8,11,13H,3,6,9-10,12H2,1-2H3,(H2,19,20,21);1H. The molecule has 1 aromatic carbocycles. The highest BCUT2D eigenvalue weighted by molar-refractivity contribution is 14.0. The van der Waals surface area contributed by atoms with E-state index in [1.165, 1.54) is 6.07 Å². The van der Waals surface area contributed by atoms with Crippen LogP contribution in [0.4, 0.5) is 4.39 Å². The fourth-order valence-corrected chi connectivity index (χ4v) is 2.17. The molecule has 0 atom stereocenters. The van der Waals surface area contributed by atoms with Crippen LogP contribution >= 0.6 is 24.0 Å². The number of hydrogen-bond acceptors (Lipinski definition) is 2. The smallest absolute Gasteiger partial charge is 0.191 e. The van der Waals surface area contributed by atoms with Gasteiger partial charge in [-0.2, -0.15) is 5.10 Å². The number of aromatic nitrogens is 2. The molecule has 0 amide bonds. The van der Waals surface area contributed by atoms with Crippen LogP contribution in [0.5, 0.6) is 0 Å². The van der Waals surface area contributed by atoms with Crippen LogP contribution in [-0.4, -0.2) is 28.8 Å². The van der Waals surface area contributed by atoms with Crippen molar-refractivity contribution in [1.29, 1.82) is 0 Å². The Labute approximate surface area is 159 Å². The molecule has 0 saturated carbocycles. The van der Waals surface area contributed by atoms with Crippen LogP contribution in [-0.2, 0) is 13.1 Å². The van der Waals surface area contributed by atoms with Gasteiger partial charge in [-0.05, 0) is 31.9 Å². The van der Waals surface area contributed by atoms with Gasteiger partial charge in [-0.25, -0.2) is 9.38 Å². The normalized spacial score (nSPS) is 11.0. The first-order chi connectivity index (χ1) is 11.2. The Balaban J connectivity index is 0.00000288. The van der Waals surface area contributed by atoms with Crippen molar-refractivity contribution in [3.8, 4) is 0 Å². The van der Waals surface area contributed by atoms with Gasteiger partial charge in [0, 0.05) is 31.4 Å². The molecule has 7 heteroatoms. The van der Waals surface area contributed by atoms with E-state index in [0.717, 1.165) is 31.6 Å². The van der Waals surface area contributed by atoms with Crippen LogP contribution in [0.1, 0.15) is 24.5 Å². The van der Waals surface area contributed by atoms with Crippen LogP contribution < -0.4 is 10.6 Å². The Hall–Kier alpha value is -1.64. The molecule has 0 aliphatic rings. The lowest BCUT2D eigenvalue weighted by atomic mass is 10.2. The van der Waals surface area contributed by atoms with E-state index < -0.39 is 0 Å². The largest absolute Gasteiger partial charge is 0.357 e. The lowest BCUT2D eigenvalue weighted by Gasteiger charge is -2.11. The summed E-state index contributed by atoms with van der Waals surface area (Å²) in [5.74, 6) is 0.480. The number of nitrogens with zero attached hydrogens (tertiary/aromatic N) is 3. The number of benzene rings is 1. The van der Waals surface area contributed by atoms with Crippen LogP contribution in [0.2, 0.25) is 0 Å². The van der Waals surface area contributed by atoms with E-state index in [1.54, 1.807) is 12.1 Å². The number of aryl methyl sites for hydroxylation is 2. The van der Waals surface area contributed by atoms with Crippen molar-refractivity contribution in [2.24, 2.45) is 4.99 Å². The maximum Gasteiger partial charge on any atom is 0.191 e. The second-order valence-corrected chi connectivity index (χ2v) is 5.35. The third kappa shape index (κ3) is 6.86. The summed E-state index contributed by atoms with van der Waals surface area (Å²) >= 11 is 0. The average molecular weight is 445 g/mol. The van der Waals surface area contributed by atoms with Crippen LogP contribution in [0, 0.1) is 12.7 Å². The molecule has 2 aromatic rings. The summed E-state index contributed by atoms with van der Waals surface area (Å²) in [5.41, 5.74) is 1.76. The summed E-state index contributed by atoms with van der Waals surface area (Å²) in [6.07, 6.45) is 4.82. The van der Waals surface area contributed by atoms with E-state index in [1.807, 2.05) is 37.0 Å². The van der Waals surface area contributed by atoms with Crippen molar-refractivity contribution in [2.75, 3.05) is 13.1 Å². The SMILES string of the molecule is CCNC(=NCc1ccccc1F)NCCCn1cc(C)cn1.I. The molecule has 1 aromatic heterocycles. The Morgan fingerprint density at radius 3 is 2.75 bits per heavy atom. The molecule has 2 rings (SSSR count). The summed E-state index contributed by atoms with van der Waals surface area (Å²) in [6.45, 7) is 6.75. The monoisotopic (exact) mass is 445 g/mol. The molecule has 1 heterocycles. The van der Waals surface area contributed by atoms with E-state index in [2.05, 4.69) is 20.7 Å². The number of hydrogen-bond donors (Lipinski definition) is 2. The summed E-state index contributed by atoms with van der Waals surface area (Å²) < 4.78 is 15.5. The van der Waals surface area contributed by atoms with E-state index >= 15 is 0 Å². The van der Waals surface area contributed by atoms with E-state index in [4.69, 9.17) is 0 Å². The predicted octanol–water partition coefficient (Wildman–Crippen LogP) is 3.09. The summed E-state index contributed by atoms with van der Waals surface area (Å²) in [6, 6.07) is 6.71. The molecule has 24 heavy (non-hydrogen) atoms. The molecule has 2 N–H and O–H groups in total. The molecule has 0 saturated heterocycles. The van der Waals surface area contributed by atoms with Gasteiger partial charge in [0.05, 0.1) is 12.7 Å². The topological polar surface area (TPSA) is 54.2 Å². The lowest BCUT2D eigenvalue weighted by molar-refractivity contribution is 0.569. The minimum atomic E-state index is -0.221. The Kier molecular flexibility index (Phi) is 9.36. The maximum atomic E-state index is 13.6. The number of guanidine groups is 1. The van der Waals surface area contributed by atoms with Gasteiger partial charge in [0.2, 0.25) is 0 Å². The Morgan fingerprint density at radius 1 is 1.29 bits per heavy atom. The minimum absolute atomic E-state index is 0. The lowest BCUT2D eigenvalue weighted by Crippen LogP contribution is -2.38. The zero-order valence-corrected chi connectivity index (χ0v) is 16.5. The third-order valence-electron chi connectivity index (χ3n) is 3.33. The van der Waals surface area contributed by atoms with E-state index in [-0.39, 0.29) is 29.8 Å². The van der Waals surface area contributed by atoms with Gasteiger partial charge in [-0.15, -0.1) is 24.0 Å². The van der Waals surface area contributed by atoms with Gasteiger partial charge in [-0.1, -0.05) is 18.2 Å². The highest BCUT2D eigenvalue weighted by Crippen LogP contribution is 2.07. The van der Waals surface area contributed by atoms with Crippen LogP contribution in [0.3, 0.4) is 0 Å². The number of rotatable bonds is 7. The zero-order chi connectivity index (χ0) is 16.5. The predicted molar refractivity (Wildman–Crippen MR) is 106 cm³/mol. The zero-order valence-electron chi connectivity index (χ0n) is 14.1. The molecular weight excluding hydrogens is 420 g/mol. The third-order valence-corrected chi connectivity index (χ3v) is 3.33. The quantitative estimate of drug-likeness (QED) is 0.298. The molecule has 0 spiro atoms. The minimum Gasteiger partial charge on any atom is -0.357 e. The van der Waals surface area contributed by atoms with Gasteiger partial charge in [-0.3, -0.25) is 4.68 Å². The first kappa shape index (κ1) is 20.4. The molecule has 0 unspecified atom stereocenters. The van der Waals surface area contributed by atoms with Crippen molar-refractivity contribution in [3.63, 3.8) is 0 Å². The Bertz CT molecular complexity index is 641. The van der Waals surface area contributed by atoms with Crippen molar-refractivity contribution in [3.05, 3.63) is 53.6 Å². The molecule has 5 nitrogen and oxygen atoms in total. The first-order valence-electron chi connectivity index (χ1n) is 7.93. The van der Waals surface area contributed by atoms with E-state index in [9.17, 15) is 4.39 Å². The molecule has 0 radical (unpaired) electrons. The highest BCUT2D eigenvalue weighted by atomic mass is 127. The second-order valence-electron chi connectivity index (χ2n) is 5.35. The van der Waals surface area contributed by atoms with Gasteiger partial charge in [0.25, 0.3) is 0 Å². The molecular formula is C17H25FIN5. The van der Waals surface area contributed by atoms with E-state index in [0.29, 0.717) is 18.1 Å². The van der Waals surface area contributed by atoms with Gasteiger partial charge < -0.3 is 10.6 Å². The molecule has 0 aliphatic heterocycles.